The highest BCUT2D eigenvalue weighted by molar-refractivity contribution is 6.30. The number of halogens is 1. The summed E-state index contributed by atoms with van der Waals surface area (Å²) in [5.74, 6) is -0.0143. The lowest BCUT2D eigenvalue weighted by Gasteiger charge is -2.32. The number of aryl methyl sites for hydroxylation is 2. The molecule has 0 spiro atoms. The fourth-order valence-corrected chi connectivity index (χ4v) is 4.79. The molecule has 1 saturated heterocycles. The molecule has 3 aromatic rings. The highest BCUT2D eigenvalue weighted by atomic mass is 35.5. The highest BCUT2D eigenvalue weighted by Crippen LogP contribution is 2.27. The number of hydrogen-bond acceptors (Lipinski definition) is 4. The molecule has 6 nitrogen and oxygen atoms in total. The van der Waals surface area contributed by atoms with Crippen LogP contribution in [0, 0.1) is 6.92 Å². The lowest BCUT2D eigenvalue weighted by molar-refractivity contribution is -0.0250. The smallest absolute Gasteiger partial charge is 0.274 e. The third-order valence-corrected chi connectivity index (χ3v) is 6.26. The van der Waals surface area contributed by atoms with Crippen molar-refractivity contribution < 1.29 is 9.53 Å². The summed E-state index contributed by atoms with van der Waals surface area (Å²) in [4.78, 5) is 19.7. The summed E-state index contributed by atoms with van der Waals surface area (Å²) in [6.45, 7) is 3.53. The number of fused-ring (bicyclic) bond motifs is 1. The summed E-state index contributed by atoms with van der Waals surface area (Å²) in [7, 11) is 0. The van der Waals surface area contributed by atoms with Crippen molar-refractivity contribution in [2.45, 2.75) is 38.7 Å². The van der Waals surface area contributed by atoms with Gasteiger partial charge in [0.2, 0.25) is 0 Å². The van der Waals surface area contributed by atoms with Gasteiger partial charge in [0.15, 0.2) is 5.69 Å². The molecule has 160 valence electrons. The average molecular weight is 437 g/mol. The van der Waals surface area contributed by atoms with Crippen molar-refractivity contribution in [3.63, 3.8) is 0 Å². The van der Waals surface area contributed by atoms with Crippen LogP contribution in [-0.4, -0.2) is 45.7 Å². The van der Waals surface area contributed by atoms with Crippen LogP contribution in [0.15, 0.2) is 36.4 Å². The number of ether oxygens (including phenoxy) is 1. The molecule has 0 radical (unpaired) electrons. The Hall–Kier alpha value is -2.70. The Labute approximate surface area is 186 Å². The van der Waals surface area contributed by atoms with Crippen LogP contribution in [0.1, 0.15) is 56.8 Å². The lowest BCUT2D eigenvalue weighted by Crippen LogP contribution is -2.43. The first-order chi connectivity index (χ1) is 15.1. The zero-order valence-corrected chi connectivity index (χ0v) is 18.3. The monoisotopic (exact) mass is 436 g/mol. The molecule has 1 atom stereocenters. The SMILES string of the molecule is Cc1cc(Cc2cccc(Cl)c2)cc(C2CN(C(=O)c3n[nH]c4c3CCC4)CCO2)n1. The van der Waals surface area contributed by atoms with Crippen LogP contribution in [-0.2, 0) is 24.0 Å². The van der Waals surface area contributed by atoms with Crippen LogP contribution in [0.2, 0.25) is 5.02 Å². The van der Waals surface area contributed by atoms with Gasteiger partial charge in [-0.3, -0.25) is 14.9 Å². The number of morpholine rings is 1. The van der Waals surface area contributed by atoms with Gasteiger partial charge in [-0.15, -0.1) is 0 Å². The van der Waals surface area contributed by atoms with Crippen LogP contribution in [0.3, 0.4) is 0 Å². The quantitative estimate of drug-likeness (QED) is 0.669. The van der Waals surface area contributed by atoms with Crippen molar-refractivity contribution in [1.82, 2.24) is 20.1 Å². The van der Waals surface area contributed by atoms with E-state index in [9.17, 15) is 4.79 Å². The molecule has 1 unspecified atom stereocenters. The molecular weight excluding hydrogens is 412 g/mol. The topological polar surface area (TPSA) is 71.1 Å². The number of hydrogen-bond donors (Lipinski definition) is 1. The van der Waals surface area contributed by atoms with E-state index in [1.807, 2.05) is 30.0 Å². The van der Waals surface area contributed by atoms with Crippen LogP contribution in [0.4, 0.5) is 0 Å². The minimum Gasteiger partial charge on any atom is -0.368 e. The number of pyridine rings is 1. The van der Waals surface area contributed by atoms with Gasteiger partial charge >= 0.3 is 0 Å². The molecule has 1 amide bonds. The first-order valence-electron chi connectivity index (χ1n) is 10.8. The number of carbonyl (C=O) groups excluding carboxylic acids is 1. The van der Waals surface area contributed by atoms with Crippen LogP contribution in [0.25, 0.3) is 0 Å². The first-order valence-corrected chi connectivity index (χ1v) is 11.1. The van der Waals surface area contributed by atoms with Gasteiger partial charge in [0, 0.05) is 28.5 Å². The Morgan fingerprint density at radius 2 is 2.16 bits per heavy atom. The normalized spacial score (nSPS) is 18.3. The van der Waals surface area contributed by atoms with Gasteiger partial charge in [-0.05, 0) is 68.0 Å². The molecule has 5 rings (SSSR count). The average Bonchev–Trinajstić information content (AvgIpc) is 3.37. The van der Waals surface area contributed by atoms with Gasteiger partial charge in [0.1, 0.15) is 6.10 Å². The molecular formula is C24H25ClN4O2. The van der Waals surface area contributed by atoms with E-state index in [1.54, 1.807) is 0 Å². The fourth-order valence-electron chi connectivity index (χ4n) is 4.58. The maximum atomic E-state index is 13.2. The van der Waals surface area contributed by atoms with Crippen LogP contribution >= 0.6 is 11.6 Å². The standard InChI is InChI=1S/C24H25ClN4O2/c1-15-10-17(11-16-4-2-5-18(25)12-16)13-21(26-15)22-14-29(8-9-31-22)24(30)23-19-6-3-7-20(19)27-28-23/h2,4-5,10,12-13,22H,3,6-9,11,14H2,1H3,(H,27,28). The number of rotatable bonds is 4. The third kappa shape index (κ3) is 4.23. The molecule has 1 fully saturated rings. The van der Waals surface area contributed by atoms with Crippen molar-refractivity contribution >= 4 is 17.5 Å². The number of amides is 1. The van der Waals surface area contributed by atoms with E-state index in [4.69, 9.17) is 21.3 Å². The molecule has 3 heterocycles. The van der Waals surface area contributed by atoms with Crippen molar-refractivity contribution in [3.8, 4) is 0 Å². The van der Waals surface area contributed by atoms with Gasteiger partial charge in [0.25, 0.3) is 5.91 Å². The summed E-state index contributed by atoms with van der Waals surface area (Å²) in [5, 5.41) is 8.08. The van der Waals surface area contributed by atoms with Crippen molar-refractivity contribution in [1.29, 1.82) is 0 Å². The molecule has 1 aromatic carbocycles. The van der Waals surface area contributed by atoms with Gasteiger partial charge in [-0.25, -0.2) is 0 Å². The number of aromatic amines is 1. The van der Waals surface area contributed by atoms with Crippen molar-refractivity contribution in [2.24, 2.45) is 0 Å². The number of H-pyrrole nitrogens is 1. The van der Waals surface area contributed by atoms with E-state index in [-0.39, 0.29) is 12.0 Å². The summed E-state index contributed by atoms with van der Waals surface area (Å²) in [6.07, 6.45) is 3.50. The third-order valence-electron chi connectivity index (χ3n) is 6.02. The second kappa shape index (κ2) is 8.44. The minimum absolute atomic E-state index is 0.0143. The fraction of sp³-hybridized carbons (Fsp3) is 0.375. The summed E-state index contributed by atoms with van der Waals surface area (Å²) < 4.78 is 6.03. The van der Waals surface area contributed by atoms with E-state index < -0.39 is 0 Å². The molecule has 1 aliphatic heterocycles. The second-order valence-electron chi connectivity index (χ2n) is 8.34. The van der Waals surface area contributed by atoms with Crippen LogP contribution < -0.4 is 0 Å². The number of nitrogens with one attached hydrogen (secondary N) is 1. The number of nitrogens with zero attached hydrogens (tertiary/aromatic N) is 3. The van der Waals surface area contributed by atoms with Gasteiger partial charge in [-0.1, -0.05) is 23.7 Å². The maximum absolute atomic E-state index is 13.2. The molecule has 2 aromatic heterocycles. The van der Waals surface area contributed by atoms with Gasteiger partial charge in [0.05, 0.1) is 18.8 Å². The van der Waals surface area contributed by atoms with Gasteiger partial charge in [-0.2, -0.15) is 5.10 Å². The van der Waals surface area contributed by atoms with E-state index in [0.29, 0.717) is 25.4 Å². The Bertz CT molecular complexity index is 1130. The summed E-state index contributed by atoms with van der Waals surface area (Å²) in [6, 6.07) is 12.1. The Morgan fingerprint density at radius 3 is 3.03 bits per heavy atom. The number of benzene rings is 1. The Morgan fingerprint density at radius 1 is 1.26 bits per heavy atom. The molecule has 1 aliphatic carbocycles. The highest BCUT2D eigenvalue weighted by Gasteiger charge is 2.31. The molecule has 2 aliphatic rings. The predicted molar refractivity (Wildman–Crippen MR) is 118 cm³/mol. The second-order valence-corrected chi connectivity index (χ2v) is 8.78. The molecule has 0 bridgehead atoms. The predicted octanol–water partition coefficient (Wildman–Crippen LogP) is 4.06. The van der Waals surface area contributed by atoms with E-state index in [2.05, 4.69) is 28.4 Å². The Balaban J connectivity index is 1.35. The number of aromatic nitrogens is 3. The zero-order valence-electron chi connectivity index (χ0n) is 17.5. The van der Waals surface area contributed by atoms with Crippen LogP contribution in [0.5, 0.6) is 0 Å². The molecule has 1 N–H and O–H groups in total. The minimum atomic E-state index is -0.247. The Kier molecular flexibility index (Phi) is 5.50. The van der Waals surface area contributed by atoms with E-state index in [1.165, 1.54) is 0 Å². The first kappa shape index (κ1) is 20.2. The largest absolute Gasteiger partial charge is 0.368 e. The summed E-state index contributed by atoms with van der Waals surface area (Å²) in [5.41, 5.74) is 6.88. The van der Waals surface area contributed by atoms with E-state index in [0.717, 1.165) is 64.5 Å². The lowest BCUT2D eigenvalue weighted by atomic mass is 10.0. The van der Waals surface area contributed by atoms with E-state index >= 15 is 0 Å². The zero-order chi connectivity index (χ0) is 21.4. The summed E-state index contributed by atoms with van der Waals surface area (Å²) >= 11 is 6.14. The maximum Gasteiger partial charge on any atom is 0.274 e. The van der Waals surface area contributed by atoms with Crippen molar-refractivity contribution in [2.75, 3.05) is 19.7 Å². The molecule has 31 heavy (non-hydrogen) atoms. The molecule has 7 heteroatoms. The van der Waals surface area contributed by atoms with Gasteiger partial charge < -0.3 is 9.64 Å². The molecule has 0 saturated carbocycles. The van der Waals surface area contributed by atoms with Crippen molar-refractivity contribution in [3.05, 3.63) is 80.9 Å². The number of carbonyl (C=O) groups is 1.